The number of carbonyl (C=O) groups excluding carboxylic acids is 1. The Balaban J connectivity index is 1.91. The van der Waals surface area contributed by atoms with Gasteiger partial charge in [-0.2, -0.15) is 0 Å². The lowest BCUT2D eigenvalue weighted by molar-refractivity contribution is -0.137. The highest BCUT2D eigenvalue weighted by Crippen LogP contribution is 2.32. The average molecular weight is 349 g/mol. The second-order valence-corrected chi connectivity index (χ2v) is 7.12. The zero-order valence-electron chi connectivity index (χ0n) is 12.9. The fourth-order valence-corrected chi connectivity index (χ4v) is 3.54. The summed E-state index contributed by atoms with van der Waals surface area (Å²) in [7, 11) is 0. The highest BCUT2D eigenvalue weighted by Gasteiger charge is 2.31. The standard InChI is InChI=1S/C17H19NO3S2/c1-12-6-8-13(9-7-12)11-14-16(21)18(17(22)23-14)10-4-2-3-5-15(19)20/h6-9,11H,2-5,10H2,1H3,(H,19,20). The van der Waals surface area contributed by atoms with Crippen molar-refractivity contribution in [2.75, 3.05) is 6.54 Å². The Bertz CT molecular complexity index is 638. The predicted molar refractivity (Wildman–Crippen MR) is 97.2 cm³/mol. The van der Waals surface area contributed by atoms with Gasteiger partial charge in [0.25, 0.3) is 5.91 Å². The number of unbranched alkanes of at least 4 members (excludes halogenated alkanes) is 2. The lowest BCUT2D eigenvalue weighted by Crippen LogP contribution is -2.29. The van der Waals surface area contributed by atoms with E-state index in [-0.39, 0.29) is 12.3 Å². The molecule has 1 aromatic rings. The summed E-state index contributed by atoms with van der Waals surface area (Å²) < 4.78 is 0.576. The van der Waals surface area contributed by atoms with Crippen molar-refractivity contribution in [3.05, 3.63) is 40.3 Å². The molecule has 1 aliphatic rings. The van der Waals surface area contributed by atoms with Crippen LogP contribution < -0.4 is 0 Å². The molecule has 0 radical (unpaired) electrons. The lowest BCUT2D eigenvalue weighted by Gasteiger charge is -2.13. The molecule has 1 aromatic carbocycles. The maximum Gasteiger partial charge on any atom is 0.303 e. The largest absolute Gasteiger partial charge is 0.481 e. The van der Waals surface area contributed by atoms with Gasteiger partial charge in [-0.25, -0.2) is 0 Å². The zero-order chi connectivity index (χ0) is 16.8. The molecule has 1 amide bonds. The first kappa shape index (κ1) is 17.7. The Morgan fingerprint density at radius 1 is 1.26 bits per heavy atom. The highest BCUT2D eigenvalue weighted by atomic mass is 32.2. The fraction of sp³-hybridized carbons (Fsp3) is 0.353. The Morgan fingerprint density at radius 2 is 1.96 bits per heavy atom. The SMILES string of the molecule is Cc1ccc(C=C2SC(=S)N(CCCCCC(=O)O)C2=O)cc1. The number of nitrogens with zero attached hydrogens (tertiary/aromatic N) is 1. The van der Waals surface area contributed by atoms with Crippen LogP contribution in [0, 0.1) is 6.92 Å². The summed E-state index contributed by atoms with van der Waals surface area (Å²) in [5, 5.41) is 8.60. The molecule has 0 saturated carbocycles. The molecule has 6 heteroatoms. The van der Waals surface area contributed by atoms with Crippen LogP contribution in [0.15, 0.2) is 29.2 Å². The van der Waals surface area contributed by atoms with Crippen LogP contribution >= 0.6 is 24.0 Å². The van der Waals surface area contributed by atoms with Crippen LogP contribution in [0.2, 0.25) is 0 Å². The van der Waals surface area contributed by atoms with Crippen LogP contribution in [-0.4, -0.2) is 32.7 Å². The van der Waals surface area contributed by atoms with Crippen molar-refractivity contribution in [2.24, 2.45) is 0 Å². The van der Waals surface area contributed by atoms with Gasteiger partial charge >= 0.3 is 5.97 Å². The molecule has 0 atom stereocenters. The summed E-state index contributed by atoms with van der Waals surface area (Å²) >= 11 is 6.61. The number of aliphatic carboxylic acids is 1. The summed E-state index contributed by atoms with van der Waals surface area (Å²) in [6, 6.07) is 7.98. The van der Waals surface area contributed by atoms with Gasteiger partial charge in [0.2, 0.25) is 0 Å². The number of thiocarbonyl (C=S) groups is 1. The number of aryl methyl sites for hydroxylation is 1. The van der Waals surface area contributed by atoms with Crippen LogP contribution in [0.4, 0.5) is 0 Å². The lowest BCUT2D eigenvalue weighted by atomic mass is 10.1. The van der Waals surface area contributed by atoms with Crippen LogP contribution in [0.3, 0.4) is 0 Å². The van der Waals surface area contributed by atoms with E-state index in [9.17, 15) is 9.59 Å². The number of hydrogen-bond acceptors (Lipinski definition) is 4. The van der Waals surface area contributed by atoms with E-state index in [0.717, 1.165) is 18.4 Å². The van der Waals surface area contributed by atoms with E-state index < -0.39 is 5.97 Å². The molecule has 2 rings (SSSR count). The van der Waals surface area contributed by atoms with E-state index in [1.807, 2.05) is 37.3 Å². The first-order valence-electron chi connectivity index (χ1n) is 7.51. The molecular weight excluding hydrogens is 330 g/mol. The number of rotatable bonds is 7. The quantitative estimate of drug-likeness (QED) is 0.460. The number of thioether (sulfide) groups is 1. The van der Waals surface area contributed by atoms with Gasteiger partial charge in [0.15, 0.2) is 0 Å². The number of benzene rings is 1. The fourth-order valence-electron chi connectivity index (χ4n) is 2.23. The van der Waals surface area contributed by atoms with Crippen molar-refractivity contribution in [1.29, 1.82) is 0 Å². The maximum atomic E-state index is 12.4. The van der Waals surface area contributed by atoms with Gasteiger partial charge in [-0.05, 0) is 31.4 Å². The first-order valence-corrected chi connectivity index (χ1v) is 8.73. The summed E-state index contributed by atoms with van der Waals surface area (Å²) in [6.45, 7) is 2.57. The second-order valence-electron chi connectivity index (χ2n) is 5.45. The Hall–Kier alpha value is -1.66. The number of carboxylic acids is 1. The molecule has 0 unspecified atom stereocenters. The Labute approximate surface area is 145 Å². The van der Waals surface area contributed by atoms with Crippen molar-refractivity contribution in [2.45, 2.75) is 32.6 Å². The third-order valence-electron chi connectivity index (χ3n) is 3.52. The number of carbonyl (C=O) groups is 2. The van der Waals surface area contributed by atoms with Crippen molar-refractivity contribution in [3.8, 4) is 0 Å². The highest BCUT2D eigenvalue weighted by molar-refractivity contribution is 8.26. The molecule has 1 aliphatic heterocycles. The van der Waals surface area contributed by atoms with Crippen LogP contribution in [0.1, 0.15) is 36.8 Å². The number of hydrogen-bond donors (Lipinski definition) is 1. The van der Waals surface area contributed by atoms with E-state index in [0.29, 0.717) is 22.2 Å². The molecular formula is C17H19NO3S2. The minimum atomic E-state index is -0.781. The van der Waals surface area contributed by atoms with Crippen molar-refractivity contribution >= 4 is 46.3 Å². The summed E-state index contributed by atoms with van der Waals surface area (Å²) in [6.07, 6.45) is 4.20. The molecule has 0 bridgehead atoms. The molecule has 1 fully saturated rings. The zero-order valence-corrected chi connectivity index (χ0v) is 14.6. The Kier molecular flexibility index (Phi) is 6.36. The first-order chi connectivity index (χ1) is 11.0. The average Bonchev–Trinajstić information content (AvgIpc) is 2.76. The van der Waals surface area contributed by atoms with E-state index in [2.05, 4.69) is 0 Å². The smallest absolute Gasteiger partial charge is 0.303 e. The minimum Gasteiger partial charge on any atom is -0.481 e. The maximum absolute atomic E-state index is 12.4. The Morgan fingerprint density at radius 3 is 2.61 bits per heavy atom. The topological polar surface area (TPSA) is 57.6 Å². The molecule has 1 saturated heterocycles. The molecule has 4 nitrogen and oxygen atoms in total. The van der Waals surface area contributed by atoms with Gasteiger partial charge in [-0.15, -0.1) is 0 Å². The molecule has 0 aliphatic carbocycles. The van der Waals surface area contributed by atoms with Crippen molar-refractivity contribution < 1.29 is 14.7 Å². The molecule has 23 heavy (non-hydrogen) atoms. The second kappa shape index (κ2) is 8.26. The van der Waals surface area contributed by atoms with Crippen LogP contribution in [-0.2, 0) is 9.59 Å². The number of carboxylic acid groups (broad SMARTS) is 1. The van der Waals surface area contributed by atoms with E-state index in [1.165, 1.54) is 17.3 Å². The predicted octanol–water partition coefficient (Wildman–Crippen LogP) is 3.84. The molecule has 1 heterocycles. The minimum absolute atomic E-state index is 0.0567. The van der Waals surface area contributed by atoms with E-state index in [1.54, 1.807) is 4.90 Å². The van der Waals surface area contributed by atoms with Crippen molar-refractivity contribution in [1.82, 2.24) is 4.90 Å². The van der Waals surface area contributed by atoms with Crippen LogP contribution in [0.25, 0.3) is 6.08 Å². The van der Waals surface area contributed by atoms with Gasteiger partial charge in [0, 0.05) is 13.0 Å². The van der Waals surface area contributed by atoms with Gasteiger partial charge in [0.1, 0.15) is 4.32 Å². The third-order valence-corrected chi connectivity index (χ3v) is 4.90. The summed E-state index contributed by atoms with van der Waals surface area (Å²) in [5.41, 5.74) is 2.16. The van der Waals surface area contributed by atoms with E-state index in [4.69, 9.17) is 17.3 Å². The molecule has 122 valence electrons. The van der Waals surface area contributed by atoms with E-state index >= 15 is 0 Å². The normalized spacial score (nSPS) is 16.4. The molecule has 0 spiro atoms. The summed E-state index contributed by atoms with van der Waals surface area (Å²) in [4.78, 5) is 25.1. The van der Waals surface area contributed by atoms with Crippen molar-refractivity contribution in [3.63, 3.8) is 0 Å². The van der Waals surface area contributed by atoms with Gasteiger partial charge in [-0.1, -0.05) is 60.2 Å². The molecule has 0 aromatic heterocycles. The third kappa shape index (κ3) is 5.18. The van der Waals surface area contributed by atoms with Gasteiger partial charge < -0.3 is 5.11 Å². The molecule has 1 N–H and O–H groups in total. The monoisotopic (exact) mass is 349 g/mol. The van der Waals surface area contributed by atoms with Crippen LogP contribution in [0.5, 0.6) is 0 Å². The van der Waals surface area contributed by atoms with Gasteiger partial charge in [0.05, 0.1) is 4.91 Å². The number of amides is 1. The summed E-state index contributed by atoms with van der Waals surface area (Å²) in [5.74, 6) is -0.838. The van der Waals surface area contributed by atoms with Gasteiger partial charge in [-0.3, -0.25) is 14.5 Å².